The standard InChI is InChI=1S/C23H24FN6O2/c24-18-4-1-3-16(11-18)8-9-25-22-20(6-7-21(29-22)17-12-27-28-13-17)23(32)26-14-19-5-2-10-30(19)15-31/h1,3-4,6-7,11-13,19H,2,5,8-10,14H2,(H,25,29)(H,26,32)(H,27,28)/t19-/m1/s1. The molecule has 32 heavy (non-hydrogen) atoms. The van der Waals surface area contributed by atoms with E-state index in [2.05, 4.69) is 25.8 Å². The van der Waals surface area contributed by atoms with Crippen LogP contribution in [0.5, 0.6) is 0 Å². The number of amides is 2. The highest BCUT2D eigenvalue weighted by molar-refractivity contribution is 5.99. The van der Waals surface area contributed by atoms with E-state index >= 15 is 0 Å². The van der Waals surface area contributed by atoms with Crippen molar-refractivity contribution >= 4 is 18.1 Å². The van der Waals surface area contributed by atoms with E-state index in [0.717, 1.165) is 24.0 Å². The van der Waals surface area contributed by atoms with Gasteiger partial charge in [-0.05, 0) is 49.1 Å². The molecule has 1 fully saturated rings. The van der Waals surface area contributed by atoms with Crippen LogP contribution in [0.1, 0.15) is 28.8 Å². The summed E-state index contributed by atoms with van der Waals surface area (Å²) < 4.78 is 13.4. The molecule has 3 N–H and O–H groups in total. The molecule has 1 aromatic carbocycles. The van der Waals surface area contributed by atoms with Crippen LogP contribution in [0.3, 0.4) is 0 Å². The molecule has 1 saturated heterocycles. The van der Waals surface area contributed by atoms with Crippen LogP contribution in [-0.4, -0.2) is 58.1 Å². The molecule has 2 amide bonds. The quantitative estimate of drug-likeness (QED) is 0.479. The van der Waals surface area contributed by atoms with E-state index in [1.54, 1.807) is 35.5 Å². The maximum absolute atomic E-state index is 13.4. The zero-order chi connectivity index (χ0) is 22.3. The summed E-state index contributed by atoms with van der Waals surface area (Å²) in [5.41, 5.74) is 2.71. The minimum absolute atomic E-state index is 0.0426. The Morgan fingerprint density at radius 2 is 2.22 bits per heavy atom. The molecule has 0 spiro atoms. The van der Waals surface area contributed by atoms with Gasteiger partial charge in [0.15, 0.2) is 0 Å². The molecule has 0 saturated carbocycles. The number of nitrogens with one attached hydrogen (secondary N) is 3. The summed E-state index contributed by atoms with van der Waals surface area (Å²) in [7, 11) is 0. The van der Waals surface area contributed by atoms with Gasteiger partial charge in [0.2, 0.25) is 0 Å². The van der Waals surface area contributed by atoms with Crippen molar-refractivity contribution in [3.8, 4) is 11.3 Å². The largest absolute Gasteiger partial charge is 0.369 e. The molecular formula is C23H24FN6O2. The second-order valence-electron chi connectivity index (χ2n) is 7.68. The molecule has 9 heteroatoms. The topological polar surface area (TPSA) is 103 Å². The second kappa shape index (κ2) is 10.0. The number of aromatic amines is 1. The highest BCUT2D eigenvalue weighted by atomic mass is 19.1. The lowest BCUT2D eigenvalue weighted by Gasteiger charge is -2.20. The van der Waals surface area contributed by atoms with Crippen LogP contribution in [0.4, 0.5) is 10.2 Å². The maximum Gasteiger partial charge on any atom is 0.312 e. The number of nitrogens with zero attached hydrogens (tertiary/aromatic N) is 3. The molecule has 1 atom stereocenters. The Balaban J connectivity index is 1.48. The van der Waals surface area contributed by atoms with E-state index < -0.39 is 0 Å². The third-order valence-electron chi connectivity index (χ3n) is 5.52. The minimum atomic E-state index is -0.281. The first kappa shape index (κ1) is 21.5. The van der Waals surface area contributed by atoms with E-state index in [1.807, 2.05) is 12.5 Å². The monoisotopic (exact) mass is 435 g/mol. The summed E-state index contributed by atoms with van der Waals surface area (Å²) in [4.78, 5) is 30.2. The zero-order valence-electron chi connectivity index (χ0n) is 17.5. The zero-order valence-corrected chi connectivity index (χ0v) is 17.5. The fourth-order valence-electron chi connectivity index (χ4n) is 3.82. The lowest BCUT2D eigenvalue weighted by atomic mass is 10.1. The molecule has 3 aromatic rings. The molecule has 0 bridgehead atoms. The van der Waals surface area contributed by atoms with Gasteiger partial charge in [-0.1, -0.05) is 12.1 Å². The molecule has 165 valence electrons. The number of rotatable bonds is 9. The number of benzene rings is 1. The Morgan fingerprint density at radius 1 is 1.31 bits per heavy atom. The van der Waals surface area contributed by atoms with E-state index in [1.165, 1.54) is 12.1 Å². The number of halogens is 1. The molecule has 3 heterocycles. The van der Waals surface area contributed by atoms with Crippen molar-refractivity contribution in [2.75, 3.05) is 25.0 Å². The summed E-state index contributed by atoms with van der Waals surface area (Å²) in [5, 5.41) is 12.8. The van der Waals surface area contributed by atoms with Gasteiger partial charge >= 0.3 is 6.41 Å². The molecule has 2 aromatic heterocycles. The summed E-state index contributed by atoms with van der Waals surface area (Å²) in [6.45, 7) is 1.50. The number of aromatic nitrogens is 3. The van der Waals surface area contributed by atoms with E-state index in [4.69, 9.17) is 0 Å². The Morgan fingerprint density at radius 3 is 3.00 bits per heavy atom. The summed E-state index contributed by atoms with van der Waals surface area (Å²) in [5.74, 6) is -0.124. The number of H-pyrrole nitrogens is 1. The van der Waals surface area contributed by atoms with Crippen LogP contribution in [0.2, 0.25) is 0 Å². The third-order valence-corrected chi connectivity index (χ3v) is 5.52. The molecule has 8 nitrogen and oxygen atoms in total. The molecule has 0 unspecified atom stereocenters. The Bertz CT molecular complexity index is 1070. The van der Waals surface area contributed by atoms with Crippen molar-refractivity contribution in [3.63, 3.8) is 0 Å². The average Bonchev–Trinajstić information content (AvgIpc) is 3.49. The van der Waals surface area contributed by atoms with Crippen molar-refractivity contribution in [2.45, 2.75) is 25.3 Å². The number of anilines is 1. The van der Waals surface area contributed by atoms with Gasteiger partial charge in [-0.3, -0.25) is 14.7 Å². The lowest BCUT2D eigenvalue weighted by Crippen LogP contribution is -2.39. The summed E-state index contributed by atoms with van der Waals surface area (Å²) in [6, 6.07) is 9.85. The first-order chi connectivity index (χ1) is 15.6. The number of likely N-dealkylation sites (tertiary alicyclic amines) is 1. The van der Waals surface area contributed by atoms with E-state index in [9.17, 15) is 14.0 Å². The van der Waals surface area contributed by atoms with Gasteiger partial charge in [-0.2, -0.15) is 5.10 Å². The highest BCUT2D eigenvalue weighted by Crippen LogP contribution is 2.22. The van der Waals surface area contributed by atoms with Crippen LogP contribution >= 0.6 is 0 Å². The first-order valence-electron chi connectivity index (χ1n) is 10.5. The summed E-state index contributed by atoms with van der Waals surface area (Å²) in [6.07, 6.45) is 7.63. The number of hydrogen-bond acceptors (Lipinski definition) is 5. The van der Waals surface area contributed by atoms with Crippen LogP contribution in [-0.2, 0) is 11.2 Å². The van der Waals surface area contributed by atoms with Crippen LogP contribution in [0, 0.1) is 5.82 Å². The van der Waals surface area contributed by atoms with Gasteiger partial charge in [-0.25, -0.2) is 9.37 Å². The van der Waals surface area contributed by atoms with Crippen LogP contribution < -0.4 is 10.6 Å². The smallest absolute Gasteiger partial charge is 0.312 e. The van der Waals surface area contributed by atoms with Gasteiger partial charge in [-0.15, -0.1) is 0 Å². The Hall–Kier alpha value is -3.75. The number of carbonyl (C=O) groups excluding carboxylic acids is 2. The molecular weight excluding hydrogens is 411 g/mol. The molecule has 0 aliphatic carbocycles. The van der Waals surface area contributed by atoms with Gasteiger partial charge < -0.3 is 15.5 Å². The summed E-state index contributed by atoms with van der Waals surface area (Å²) >= 11 is 0. The molecule has 4 rings (SSSR count). The predicted octanol–water partition coefficient (Wildman–Crippen LogP) is 2.53. The SMILES string of the molecule is O=[C]N1CCC[C@@H]1CNC(=O)c1ccc(-c2cn[nH]c2)nc1NCCc1cccc(F)c1. The highest BCUT2D eigenvalue weighted by Gasteiger charge is 2.25. The second-order valence-corrected chi connectivity index (χ2v) is 7.68. The number of carbonyl (C=O) groups is 1. The maximum atomic E-state index is 13.4. The minimum Gasteiger partial charge on any atom is -0.369 e. The molecule has 1 radical (unpaired) electrons. The van der Waals surface area contributed by atoms with Gasteiger partial charge in [0.05, 0.1) is 17.5 Å². The van der Waals surface area contributed by atoms with Gasteiger partial charge in [0.1, 0.15) is 11.6 Å². The first-order valence-corrected chi connectivity index (χ1v) is 10.5. The average molecular weight is 435 g/mol. The molecule has 1 aliphatic heterocycles. The van der Waals surface area contributed by atoms with E-state index in [-0.39, 0.29) is 17.8 Å². The van der Waals surface area contributed by atoms with Gasteiger partial charge in [0.25, 0.3) is 5.91 Å². The number of pyridine rings is 1. The lowest BCUT2D eigenvalue weighted by molar-refractivity contribution is 0.0946. The number of hydrogen-bond donors (Lipinski definition) is 3. The fraction of sp³-hybridized carbons (Fsp3) is 0.304. The van der Waals surface area contributed by atoms with Crippen molar-refractivity contribution < 1.29 is 14.0 Å². The third kappa shape index (κ3) is 5.11. The Kier molecular flexibility index (Phi) is 6.74. The fourth-order valence-corrected chi connectivity index (χ4v) is 3.82. The van der Waals surface area contributed by atoms with Crippen molar-refractivity contribution in [3.05, 3.63) is 65.7 Å². The normalized spacial score (nSPS) is 15.5. The van der Waals surface area contributed by atoms with Crippen LogP contribution in [0.15, 0.2) is 48.8 Å². The van der Waals surface area contributed by atoms with Gasteiger partial charge in [0, 0.05) is 37.4 Å². The van der Waals surface area contributed by atoms with Crippen LogP contribution in [0.25, 0.3) is 11.3 Å². The van der Waals surface area contributed by atoms with Crippen molar-refractivity contribution in [2.24, 2.45) is 0 Å². The molecule has 1 aliphatic rings. The van der Waals surface area contributed by atoms with E-state index in [0.29, 0.717) is 43.1 Å². The predicted molar refractivity (Wildman–Crippen MR) is 118 cm³/mol. The van der Waals surface area contributed by atoms with Crippen molar-refractivity contribution in [1.82, 2.24) is 25.4 Å². The Labute approximate surface area is 185 Å². The van der Waals surface area contributed by atoms with Crippen molar-refractivity contribution in [1.29, 1.82) is 0 Å².